The maximum Gasteiger partial charge on any atom is 0.228 e. The van der Waals surface area contributed by atoms with Crippen LogP contribution in [0.15, 0.2) is 109 Å². The average molecular weight is 503 g/mol. The van der Waals surface area contributed by atoms with Gasteiger partial charge in [0.25, 0.3) is 0 Å². The molecular formula is C33H26O5. The number of hydrogen-bond donors (Lipinski definition) is 2. The van der Waals surface area contributed by atoms with Gasteiger partial charge in [0.2, 0.25) is 6.29 Å². The van der Waals surface area contributed by atoms with E-state index in [1.807, 2.05) is 60.7 Å². The van der Waals surface area contributed by atoms with E-state index in [2.05, 4.69) is 48.5 Å². The van der Waals surface area contributed by atoms with Gasteiger partial charge in [0.1, 0.15) is 23.7 Å². The first-order valence-corrected chi connectivity index (χ1v) is 12.8. The molecule has 0 bridgehead atoms. The van der Waals surface area contributed by atoms with Crippen LogP contribution in [0.5, 0.6) is 11.5 Å². The van der Waals surface area contributed by atoms with E-state index in [9.17, 15) is 10.2 Å². The van der Waals surface area contributed by atoms with E-state index < -0.39 is 24.6 Å². The number of ether oxygens (including phenoxy) is 3. The van der Waals surface area contributed by atoms with Crippen LogP contribution in [-0.2, 0) is 4.74 Å². The second-order valence-corrected chi connectivity index (χ2v) is 9.81. The molecule has 0 unspecified atom stereocenters. The molecule has 6 aromatic rings. The molecule has 7 rings (SSSR count). The van der Waals surface area contributed by atoms with Crippen LogP contribution in [0, 0.1) is 0 Å². The van der Waals surface area contributed by atoms with Crippen LogP contribution in [0.1, 0.15) is 0 Å². The van der Waals surface area contributed by atoms with Gasteiger partial charge in [0, 0.05) is 10.8 Å². The summed E-state index contributed by atoms with van der Waals surface area (Å²) in [5.41, 5.74) is 0. The van der Waals surface area contributed by atoms with E-state index in [0.717, 1.165) is 43.1 Å². The molecule has 1 aliphatic rings. The summed E-state index contributed by atoms with van der Waals surface area (Å²) in [6.45, 7) is 0.0700. The second kappa shape index (κ2) is 9.30. The van der Waals surface area contributed by atoms with Gasteiger partial charge in [-0.3, -0.25) is 0 Å². The van der Waals surface area contributed by atoms with Crippen molar-refractivity contribution in [2.45, 2.75) is 24.6 Å². The van der Waals surface area contributed by atoms with Crippen LogP contribution in [0.4, 0.5) is 0 Å². The smallest absolute Gasteiger partial charge is 0.228 e. The largest absolute Gasteiger partial charge is 0.485 e. The zero-order chi connectivity index (χ0) is 25.6. The molecule has 0 amide bonds. The highest BCUT2D eigenvalue weighted by atomic mass is 16.7. The lowest BCUT2D eigenvalue weighted by molar-refractivity contribution is -0.236. The van der Waals surface area contributed by atoms with Crippen LogP contribution in [-0.4, -0.2) is 41.4 Å². The van der Waals surface area contributed by atoms with Crippen LogP contribution in [0.25, 0.3) is 43.1 Å². The molecule has 1 heterocycles. The zero-order valence-corrected chi connectivity index (χ0v) is 20.5. The lowest BCUT2D eigenvalue weighted by Crippen LogP contribution is -2.56. The van der Waals surface area contributed by atoms with Crippen molar-refractivity contribution in [3.8, 4) is 11.5 Å². The standard InChI is InChI=1S/C33H26O5/c34-31-30(37-28-13-5-11-24-15-20-7-1-3-9-22(20)17-26(24)28)19-36-33(32(31)35)38-29-14-6-12-25-16-21-8-2-4-10-23(21)18-27(25)29/h1-18,30-35H,19H2/t30-,31-,32+,33-/m1/s1. The number of rotatable bonds is 4. The lowest BCUT2D eigenvalue weighted by Gasteiger charge is -2.37. The first-order chi connectivity index (χ1) is 18.6. The number of aliphatic hydroxyl groups is 2. The maximum absolute atomic E-state index is 11.0. The average Bonchev–Trinajstić information content (AvgIpc) is 2.95. The molecule has 2 N–H and O–H groups in total. The van der Waals surface area contributed by atoms with Crippen LogP contribution >= 0.6 is 0 Å². The van der Waals surface area contributed by atoms with Gasteiger partial charge in [-0.2, -0.15) is 0 Å². The minimum atomic E-state index is -1.29. The third-order valence-electron chi connectivity index (χ3n) is 7.37. The van der Waals surface area contributed by atoms with Gasteiger partial charge >= 0.3 is 0 Å². The predicted octanol–water partition coefficient (Wildman–Crippen LogP) is 6.20. The summed E-state index contributed by atoms with van der Waals surface area (Å²) >= 11 is 0. The predicted molar refractivity (Wildman–Crippen MR) is 150 cm³/mol. The third kappa shape index (κ3) is 4.02. The molecule has 1 aliphatic heterocycles. The first kappa shape index (κ1) is 23.0. The number of benzene rings is 6. The molecular weight excluding hydrogens is 476 g/mol. The lowest BCUT2D eigenvalue weighted by atomic mass is 10.0. The van der Waals surface area contributed by atoms with Gasteiger partial charge in [-0.05, 0) is 68.7 Å². The van der Waals surface area contributed by atoms with Gasteiger partial charge in [-0.1, -0.05) is 72.8 Å². The van der Waals surface area contributed by atoms with Crippen molar-refractivity contribution in [1.82, 2.24) is 0 Å². The van der Waals surface area contributed by atoms with Crippen molar-refractivity contribution >= 4 is 43.1 Å². The Morgan fingerprint density at radius 2 is 1.00 bits per heavy atom. The molecule has 188 valence electrons. The Kier molecular flexibility index (Phi) is 5.63. The number of fused-ring (bicyclic) bond motifs is 4. The minimum Gasteiger partial charge on any atom is -0.485 e. The third-order valence-corrected chi connectivity index (χ3v) is 7.37. The summed E-state index contributed by atoms with van der Waals surface area (Å²) in [7, 11) is 0. The quantitative estimate of drug-likeness (QED) is 0.281. The second-order valence-electron chi connectivity index (χ2n) is 9.81. The summed E-state index contributed by atoms with van der Waals surface area (Å²) in [4.78, 5) is 0. The van der Waals surface area contributed by atoms with Crippen molar-refractivity contribution < 1.29 is 24.4 Å². The molecule has 1 fully saturated rings. The number of aliphatic hydroxyl groups excluding tert-OH is 2. The molecule has 38 heavy (non-hydrogen) atoms. The van der Waals surface area contributed by atoms with Gasteiger partial charge in [0.05, 0.1) is 6.61 Å². The van der Waals surface area contributed by atoms with Crippen LogP contribution < -0.4 is 9.47 Å². The molecule has 0 aromatic heterocycles. The fourth-order valence-corrected chi connectivity index (χ4v) is 5.35. The molecule has 4 atom stereocenters. The fourth-order valence-electron chi connectivity index (χ4n) is 5.35. The monoisotopic (exact) mass is 502 g/mol. The molecule has 1 saturated heterocycles. The van der Waals surface area contributed by atoms with E-state index in [1.165, 1.54) is 0 Å². The summed E-state index contributed by atoms with van der Waals surface area (Å²) in [5, 5.41) is 30.4. The van der Waals surface area contributed by atoms with E-state index in [0.29, 0.717) is 11.5 Å². The van der Waals surface area contributed by atoms with Crippen LogP contribution in [0.3, 0.4) is 0 Å². The van der Waals surface area contributed by atoms with Gasteiger partial charge < -0.3 is 24.4 Å². The molecule has 5 heteroatoms. The normalized spacial score (nSPS) is 21.7. The van der Waals surface area contributed by atoms with E-state index in [-0.39, 0.29) is 6.61 Å². The van der Waals surface area contributed by atoms with Crippen molar-refractivity contribution in [3.63, 3.8) is 0 Å². The Hall–Kier alpha value is -4.16. The fraction of sp³-hybridized carbons (Fsp3) is 0.152. The zero-order valence-electron chi connectivity index (χ0n) is 20.5. The topological polar surface area (TPSA) is 68.2 Å². The SMILES string of the molecule is O[C@@H]1[C@@H](Oc2cccc3cc4ccccc4cc23)OC[C@@H](Oc2cccc3cc4ccccc4cc23)[C@H]1O. The summed E-state index contributed by atoms with van der Waals surface area (Å²) < 4.78 is 18.3. The molecule has 5 nitrogen and oxygen atoms in total. The Labute approximate surface area is 219 Å². The first-order valence-electron chi connectivity index (χ1n) is 12.8. The summed E-state index contributed by atoms with van der Waals surface area (Å²) in [6, 6.07) is 36.3. The van der Waals surface area contributed by atoms with Crippen molar-refractivity contribution in [3.05, 3.63) is 109 Å². The van der Waals surface area contributed by atoms with Crippen molar-refractivity contribution in [2.75, 3.05) is 6.61 Å². The highest BCUT2D eigenvalue weighted by Gasteiger charge is 2.41. The van der Waals surface area contributed by atoms with Crippen LogP contribution in [0.2, 0.25) is 0 Å². The van der Waals surface area contributed by atoms with Gasteiger partial charge in [-0.15, -0.1) is 0 Å². The molecule has 0 radical (unpaired) electrons. The van der Waals surface area contributed by atoms with Gasteiger partial charge in [0.15, 0.2) is 6.10 Å². The maximum atomic E-state index is 11.0. The Balaban J connectivity index is 1.13. The highest BCUT2D eigenvalue weighted by Crippen LogP contribution is 2.34. The minimum absolute atomic E-state index is 0.0700. The summed E-state index contributed by atoms with van der Waals surface area (Å²) in [5.74, 6) is 1.22. The molecule has 0 saturated carbocycles. The van der Waals surface area contributed by atoms with E-state index >= 15 is 0 Å². The number of hydrogen-bond acceptors (Lipinski definition) is 5. The van der Waals surface area contributed by atoms with Gasteiger partial charge in [-0.25, -0.2) is 0 Å². The van der Waals surface area contributed by atoms with Crippen molar-refractivity contribution in [1.29, 1.82) is 0 Å². The summed E-state index contributed by atoms with van der Waals surface area (Å²) in [6.07, 6.45) is -4.27. The van der Waals surface area contributed by atoms with E-state index in [1.54, 1.807) is 0 Å². The Morgan fingerprint density at radius 3 is 1.55 bits per heavy atom. The molecule has 0 aliphatic carbocycles. The highest BCUT2D eigenvalue weighted by molar-refractivity contribution is 6.01. The van der Waals surface area contributed by atoms with E-state index in [4.69, 9.17) is 14.2 Å². The Bertz CT molecular complexity index is 1660. The van der Waals surface area contributed by atoms with Crippen molar-refractivity contribution in [2.24, 2.45) is 0 Å². The molecule has 6 aromatic carbocycles. The Morgan fingerprint density at radius 1 is 0.526 bits per heavy atom. The molecule has 0 spiro atoms.